The predicted molar refractivity (Wildman–Crippen MR) is 88.0 cm³/mol. The minimum absolute atomic E-state index is 0.155. The fourth-order valence-electron chi connectivity index (χ4n) is 2.50. The topological polar surface area (TPSA) is 78.8 Å². The largest absolute Gasteiger partial charge is 0.289 e. The molecule has 1 unspecified atom stereocenters. The lowest BCUT2D eigenvalue weighted by Crippen LogP contribution is -2.20. The number of hydrogen-bond donors (Lipinski definition) is 2. The second kappa shape index (κ2) is 8.80. The Hall–Kier alpha value is -2.53. The molecular formula is C18H20N2O3. The zero-order valence-corrected chi connectivity index (χ0v) is 12.8. The molecule has 2 rings (SSSR count). The molecule has 0 aliphatic heterocycles. The van der Waals surface area contributed by atoms with Crippen LogP contribution < -0.4 is 5.48 Å². The third-order valence-electron chi connectivity index (χ3n) is 3.77. The molecule has 0 saturated carbocycles. The number of carbonyl (C=O) groups excluding carboxylic acids is 1. The van der Waals surface area contributed by atoms with Crippen LogP contribution in [0.3, 0.4) is 0 Å². The number of hydroxylamine groups is 1. The van der Waals surface area contributed by atoms with Crippen LogP contribution in [-0.2, 0) is 17.6 Å². The van der Waals surface area contributed by atoms with Crippen LogP contribution in [-0.4, -0.2) is 11.1 Å². The van der Waals surface area contributed by atoms with Gasteiger partial charge in [0.1, 0.15) is 6.04 Å². The first-order valence-corrected chi connectivity index (χ1v) is 7.61. The van der Waals surface area contributed by atoms with Gasteiger partial charge >= 0.3 is 0 Å². The van der Waals surface area contributed by atoms with Crippen molar-refractivity contribution in [3.63, 3.8) is 0 Å². The second-order valence-electron chi connectivity index (χ2n) is 5.45. The molecule has 5 nitrogen and oxygen atoms in total. The molecule has 0 aliphatic carbocycles. The van der Waals surface area contributed by atoms with E-state index < -0.39 is 5.91 Å². The third kappa shape index (κ3) is 5.30. The van der Waals surface area contributed by atoms with Crippen LogP contribution in [0.15, 0.2) is 59.8 Å². The number of aryl methyl sites for hydroxylation is 1. The molecule has 0 fully saturated rings. The number of amides is 1. The average molecular weight is 312 g/mol. The first kappa shape index (κ1) is 16.8. The van der Waals surface area contributed by atoms with Crippen molar-refractivity contribution in [1.82, 2.24) is 5.48 Å². The lowest BCUT2D eigenvalue weighted by Gasteiger charge is -2.09. The number of nitrogens with zero attached hydrogens (tertiary/aromatic N) is 1. The molecule has 0 saturated heterocycles. The zero-order valence-electron chi connectivity index (χ0n) is 12.8. The normalized spacial score (nSPS) is 11.7. The van der Waals surface area contributed by atoms with E-state index in [1.54, 1.807) is 5.48 Å². The minimum Gasteiger partial charge on any atom is -0.289 e. The second-order valence-corrected chi connectivity index (χ2v) is 5.45. The van der Waals surface area contributed by atoms with Gasteiger partial charge in [-0.3, -0.25) is 10.0 Å². The maximum absolute atomic E-state index is 11.1. The summed E-state index contributed by atoms with van der Waals surface area (Å²) in [7, 11) is 0. The first-order chi connectivity index (χ1) is 11.2. The minimum atomic E-state index is -0.430. The van der Waals surface area contributed by atoms with Gasteiger partial charge in [0.2, 0.25) is 5.91 Å². The highest BCUT2D eigenvalue weighted by atomic mass is 16.5. The molecule has 0 heterocycles. The van der Waals surface area contributed by atoms with E-state index in [4.69, 9.17) is 5.21 Å². The van der Waals surface area contributed by atoms with E-state index in [0.717, 1.165) is 29.5 Å². The lowest BCUT2D eigenvalue weighted by molar-refractivity contribution is -0.128. The molecule has 1 amide bonds. The molecule has 2 aromatic rings. The van der Waals surface area contributed by atoms with Gasteiger partial charge in [-0.2, -0.15) is 4.91 Å². The summed E-state index contributed by atoms with van der Waals surface area (Å²) in [6, 6.07) is 17.0. The van der Waals surface area contributed by atoms with Crippen LogP contribution in [0, 0.1) is 4.91 Å². The van der Waals surface area contributed by atoms with E-state index in [0.29, 0.717) is 6.42 Å². The highest BCUT2D eigenvalue weighted by Gasteiger charge is 2.11. The van der Waals surface area contributed by atoms with Gasteiger partial charge in [0.05, 0.1) is 6.42 Å². The Morgan fingerprint density at radius 1 is 1.04 bits per heavy atom. The first-order valence-electron chi connectivity index (χ1n) is 7.61. The van der Waals surface area contributed by atoms with E-state index in [9.17, 15) is 9.70 Å². The maximum atomic E-state index is 11.1. The summed E-state index contributed by atoms with van der Waals surface area (Å²) >= 11 is 0. The van der Waals surface area contributed by atoms with Crippen molar-refractivity contribution in [2.75, 3.05) is 0 Å². The quantitative estimate of drug-likeness (QED) is 0.444. The molecule has 1 atom stereocenters. The zero-order chi connectivity index (χ0) is 16.5. The van der Waals surface area contributed by atoms with Gasteiger partial charge in [0.15, 0.2) is 0 Å². The van der Waals surface area contributed by atoms with E-state index in [1.165, 1.54) is 0 Å². The molecular weight excluding hydrogens is 292 g/mol. The van der Waals surface area contributed by atoms with Crippen LogP contribution in [0.2, 0.25) is 0 Å². The SMILES string of the molecule is O=NC(CCCc1ccc(CC(=O)NO)cc1)c1ccccc1. The van der Waals surface area contributed by atoms with Crippen molar-refractivity contribution in [2.24, 2.45) is 5.18 Å². The van der Waals surface area contributed by atoms with Crippen molar-refractivity contribution >= 4 is 5.91 Å². The Labute approximate surface area is 135 Å². The summed E-state index contributed by atoms with van der Waals surface area (Å²) in [6.07, 6.45) is 2.58. The van der Waals surface area contributed by atoms with Gasteiger partial charge in [-0.1, -0.05) is 59.8 Å². The highest BCUT2D eigenvalue weighted by molar-refractivity contribution is 5.77. The monoisotopic (exact) mass is 312 g/mol. The Morgan fingerprint density at radius 2 is 1.70 bits per heavy atom. The van der Waals surface area contributed by atoms with Crippen LogP contribution in [0.5, 0.6) is 0 Å². The van der Waals surface area contributed by atoms with Crippen molar-refractivity contribution in [2.45, 2.75) is 31.7 Å². The maximum Gasteiger partial charge on any atom is 0.247 e. The smallest absolute Gasteiger partial charge is 0.247 e. The third-order valence-corrected chi connectivity index (χ3v) is 3.77. The van der Waals surface area contributed by atoms with Crippen molar-refractivity contribution in [3.8, 4) is 0 Å². The van der Waals surface area contributed by atoms with Gasteiger partial charge < -0.3 is 0 Å². The van der Waals surface area contributed by atoms with Gasteiger partial charge in [-0.05, 0) is 36.0 Å². The number of benzene rings is 2. The van der Waals surface area contributed by atoms with E-state index >= 15 is 0 Å². The molecule has 0 aromatic heterocycles. The standard InChI is InChI=1S/C18H20N2O3/c21-18(20-23)13-15-11-9-14(10-12-15)5-4-8-17(19-22)16-6-2-1-3-7-16/h1-3,6-7,9-12,17,23H,4-5,8,13H2,(H,20,21). The average Bonchev–Trinajstić information content (AvgIpc) is 2.61. The molecule has 0 spiro atoms. The van der Waals surface area contributed by atoms with Gasteiger partial charge in [0.25, 0.3) is 0 Å². The molecule has 23 heavy (non-hydrogen) atoms. The Balaban J connectivity index is 1.83. The van der Waals surface area contributed by atoms with E-state index in [-0.39, 0.29) is 12.5 Å². The van der Waals surface area contributed by atoms with Crippen LogP contribution in [0.1, 0.15) is 35.6 Å². The Bertz CT molecular complexity index is 626. The van der Waals surface area contributed by atoms with Gasteiger partial charge in [-0.15, -0.1) is 0 Å². The fourth-order valence-corrected chi connectivity index (χ4v) is 2.50. The van der Waals surface area contributed by atoms with Crippen molar-refractivity contribution in [3.05, 3.63) is 76.2 Å². The predicted octanol–water partition coefficient (Wildman–Crippen LogP) is 3.56. The summed E-state index contributed by atoms with van der Waals surface area (Å²) in [4.78, 5) is 22.1. The summed E-state index contributed by atoms with van der Waals surface area (Å²) in [5.74, 6) is -0.430. The summed E-state index contributed by atoms with van der Waals surface area (Å²) in [5.41, 5.74) is 4.56. The van der Waals surface area contributed by atoms with Crippen molar-refractivity contribution < 1.29 is 10.0 Å². The number of hydrogen-bond acceptors (Lipinski definition) is 4. The number of carbonyl (C=O) groups is 1. The van der Waals surface area contributed by atoms with Gasteiger partial charge in [0, 0.05) is 0 Å². The van der Waals surface area contributed by atoms with Crippen LogP contribution in [0.25, 0.3) is 0 Å². The molecule has 120 valence electrons. The van der Waals surface area contributed by atoms with E-state index in [1.807, 2.05) is 54.6 Å². The Kier molecular flexibility index (Phi) is 6.44. The molecule has 2 aromatic carbocycles. The van der Waals surface area contributed by atoms with E-state index in [2.05, 4.69) is 5.18 Å². The summed E-state index contributed by atoms with van der Waals surface area (Å²) in [5, 5.41) is 11.7. The van der Waals surface area contributed by atoms with Gasteiger partial charge in [-0.25, -0.2) is 5.48 Å². The summed E-state index contributed by atoms with van der Waals surface area (Å²) in [6.45, 7) is 0. The molecule has 5 heteroatoms. The molecule has 0 aliphatic rings. The molecule has 0 bridgehead atoms. The molecule has 2 N–H and O–H groups in total. The summed E-state index contributed by atoms with van der Waals surface area (Å²) < 4.78 is 0. The van der Waals surface area contributed by atoms with Crippen molar-refractivity contribution in [1.29, 1.82) is 0 Å². The number of nitrogens with one attached hydrogen (secondary N) is 1. The Morgan fingerprint density at radius 3 is 2.30 bits per heavy atom. The van der Waals surface area contributed by atoms with Crippen LogP contribution >= 0.6 is 0 Å². The lowest BCUT2D eigenvalue weighted by atomic mass is 9.99. The molecule has 0 radical (unpaired) electrons. The number of nitroso groups, excluding NO2 is 1. The highest BCUT2D eigenvalue weighted by Crippen LogP contribution is 2.23. The number of rotatable bonds is 8. The fraction of sp³-hybridized carbons (Fsp3) is 0.278. The van der Waals surface area contributed by atoms with Crippen LogP contribution in [0.4, 0.5) is 0 Å².